The number of halogens is 1. The van der Waals surface area contributed by atoms with Crippen LogP contribution in [-0.2, 0) is 0 Å². The van der Waals surface area contributed by atoms with E-state index >= 15 is 0 Å². The second-order valence-electron chi connectivity index (χ2n) is 7.20. The molecule has 1 amide bonds. The van der Waals surface area contributed by atoms with Crippen molar-refractivity contribution in [3.63, 3.8) is 0 Å². The van der Waals surface area contributed by atoms with Gasteiger partial charge in [-0.25, -0.2) is 0 Å². The summed E-state index contributed by atoms with van der Waals surface area (Å²) in [5, 5.41) is 10.4. The summed E-state index contributed by atoms with van der Waals surface area (Å²) in [4.78, 5) is 17.0. The number of hydrogen-bond donors (Lipinski definition) is 1. The highest BCUT2D eigenvalue weighted by molar-refractivity contribution is 6.33. The minimum Gasteiger partial charge on any atom is -0.396 e. The van der Waals surface area contributed by atoms with E-state index in [-0.39, 0.29) is 17.9 Å². The Morgan fingerprint density at radius 3 is 2.62 bits per heavy atom. The molecular weight excluding hydrogens is 324 g/mol. The summed E-state index contributed by atoms with van der Waals surface area (Å²) in [5.41, 5.74) is 1.53. The number of carbonyl (C=O) groups excluding carboxylic acids is 1. The van der Waals surface area contributed by atoms with Crippen LogP contribution in [0.4, 0.5) is 5.69 Å². The molecule has 0 saturated carbocycles. The van der Waals surface area contributed by atoms with E-state index in [0.29, 0.717) is 17.1 Å². The molecule has 0 aromatic heterocycles. The fourth-order valence-corrected chi connectivity index (χ4v) is 4.25. The summed E-state index contributed by atoms with van der Waals surface area (Å²) in [6, 6.07) is 5.67. The van der Waals surface area contributed by atoms with Gasteiger partial charge in [-0.1, -0.05) is 18.5 Å². The molecule has 1 N–H and O–H groups in total. The van der Waals surface area contributed by atoms with Gasteiger partial charge in [-0.3, -0.25) is 4.79 Å². The first-order chi connectivity index (χ1) is 11.6. The third kappa shape index (κ3) is 3.40. The van der Waals surface area contributed by atoms with Crippen LogP contribution in [0.2, 0.25) is 5.02 Å². The molecule has 2 aliphatic rings. The minimum absolute atomic E-state index is 0.0239. The Balaban J connectivity index is 1.76. The Morgan fingerprint density at radius 1 is 1.25 bits per heavy atom. The number of amides is 1. The number of benzene rings is 1. The molecule has 2 saturated heterocycles. The summed E-state index contributed by atoms with van der Waals surface area (Å²) in [7, 11) is 0. The topological polar surface area (TPSA) is 43.8 Å². The summed E-state index contributed by atoms with van der Waals surface area (Å²) in [6.07, 6.45) is 5.22. The molecule has 1 atom stereocenters. The van der Waals surface area contributed by atoms with Crippen molar-refractivity contribution in [2.45, 2.75) is 39.0 Å². The van der Waals surface area contributed by atoms with E-state index in [9.17, 15) is 9.90 Å². The molecule has 3 rings (SSSR count). The number of rotatable bonds is 4. The second-order valence-corrected chi connectivity index (χ2v) is 7.61. The quantitative estimate of drug-likeness (QED) is 0.902. The maximum atomic E-state index is 12.9. The molecule has 1 unspecified atom stereocenters. The van der Waals surface area contributed by atoms with Gasteiger partial charge in [0.05, 0.1) is 17.3 Å². The number of carbonyl (C=O) groups is 1. The van der Waals surface area contributed by atoms with Crippen molar-refractivity contribution in [2.75, 3.05) is 37.7 Å². The number of nitrogens with zero attached hydrogens (tertiary/aromatic N) is 2. The molecule has 2 heterocycles. The highest BCUT2D eigenvalue weighted by atomic mass is 35.5. The summed E-state index contributed by atoms with van der Waals surface area (Å²) >= 11 is 6.45. The smallest absolute Gasteiger partial charge is 0.253 e. The van der Waals surface area contributed by atoms with Crippen molar-refractivity contribution in [1.82, 2.24) is 4.90 Å². The Hall–Kier alpha value is -1.26. The number of aliphatic hydroxyl groups excluding tert-OH is 1. The molecule has 24 heavy (non-hydrogen) atoms. The molecule has 132 valence electrons. The van der Waals surface area contributed by atoms with Crippen LogP contribution < -0.4 is 4.90 Å². The van der Waals surface area contributed by atoms with Gasteiger partial charge in [-0.05, 0) is 50.3 Å². The van der Waals surface area contributed by atoms with Crippen molar-refractivity contribution in [3.05, 3.63) is 28.8 Å². The molecule has 5 heteroatoms. The molecule has 1 aromatic rings. The van der Waals surface area contributed by atoms with Crippen molar-refractivity contribution in [1.29, 1.82) is 0 Å². The monoisotopic (exact) mass is 350 g/mol. The van der Waals surface area contributed by atoms with Crippen molar-refractivity contribution in [2.24, 2.45) is 5.41 Å². The lowest BCUT2D eigenvalue weighted by atomic mass is 9.78. The number of anilines is 1. The lowest BCUT2D eigenvalue weighted by Gasteiger charge is -2.41. The molecule has 0 radical (unpaired) electrons. The molecule has 2 aliphatic heterocycles. The number of piperidine rings is 1. The van der Waals surface area contributed by atoms with Crippen LogP contribution in [0, 0.1) is 5.41 Å². The van der Waals surface area contributed by atoms with E-state index < -0.39 is 0 Å². The van der Waals surface area contributed by atoms with Crippen LogP contribution in [0.15, 0.2) is 18.2 Å². The molecule has 2 fully saturated rings. The Morgan fingerprint density at radius 2 is 2.00 bits per heavy atom. The average Bonchev–Trinajstić information content (AvgIpc) is 3.15. The van der Waals surface area contributed by atoms with E-state index in [1.165, 1.54) is 12.8 Å². The van der Waals surface area contributed by atoms with Crippen molar-refractivity contribution >= 4 is 23.2 Å². The summed E-state index contributed by atoms with van der Waals surface area (Å²) < 4.78 is 0. The van der Waals surface area contributed by atoms with E-state index in [1.807, 2.05) is 17.0 Å². The first-order valence-electron chi connectivity index (χ1n) is 9.03. The SMILES string of the molecule is CCC1(CO)CCCN(C(=O)c2ccc(N3CCCC3)c(Cl)c2)C1. The Kier molecular flexibility index (Phi) is 5.36. The largest absolute Gasteiger partial charge is 0.396 e. The van der Waals surface area contributed by atoms with Crippen LogP contribution in [0.3, 0.4) is 0 Å². The lowest BCUT2D eigenvalue weighted by molar-refractivity contribution is 0.0252. The molecular formula is C19H27ClN2O2. The fraction of sp³-hybridized carbons (Fsp3) is 0.632. The first kappa shape index (κ1) is 17.6. The van der Waals surface area contributed by atoms with Crippen LogP contribution in [-0.4, -0.2) is 48.7 Å². The van der Waals surface area contributed by atoms with Gasteiger partial charge < -0.3 is 14.9 Å². The van der Waals surface area contributed by atoms with Crippen LogP contribution in [0.5, 0.6) is 0 Å². The minimum atomic E-state index is -0.146. The highest BCUT2D eigenvalue weighted by Gasteiger charge is 2.35. The zero-order valence-electron chi connectivity index (χ0n) is 14.4. The van der Waals surface area contributed by atoms with Gasteiger partial charge in [0.15, 0.2) is 0 Å². The molecule has 0 bridgehead atoms. The summed E-state index contributed by atoms with van der Waals surface area (Å²) in [5.74, 6) is 0.0239. The molecule has 4 nitrogen and oxygen atoms in total. The van der Waals surface area contributed by atoms with E-state index in [1.54, 1.807) is 6.07 Å². The third-order valence-electron chi connectivity index (χ3n) is 5.68. The van der Waals surface area contributed by atoms with Crippen molar-refractivity contribution in [3.8, 4) is 0 Å². The maximum absolute atomic E-state index is 12.9. The van der Waals surface area contributed by atoms with Gasteiger partial charge in [-0.15, -0.1) is 0 Å². The van der Waals surface area contributed by atoms with Crippen LogP contribution in [0.25, 0.3) is 0 Å². The molecule has 0 spiro atoms. The van der Waals surface area contributed by atoms with Gasteiger partial charge in [0.1, 0.15) is 0 Å². The summed E-state index contributed by atoms with van der Waals surface area (Å²) in [6.45, 7) is 5.69. The predicted molar refractivity (Wildman–Crippen MR) is 97.8 cm³/mol. The average molecular weight is 351 g/mol. The van der Waals surface area contributed by atoms with Crippen molar-refractivity contribution < 1.29 is 9.90 Å². The van der Waals surface area contributed by atoms with E-state index in [4.69, 9.17) is 11.6 Å². The standard InChI is InChI=1S/C19H27ClN2O2/c1-2-19(14-23)8-5-11-22(13-19)18(24)15-6-7-17(16(20)12-15)21-9-3-4-10-21/h6-7,12,23H,2-5,8-11,13-14H2,1H3. The van der Waals surface area contributed by atoms with Crippen LogP contribution >= 0.6 is 11.6 Å². The van der Waals surface area contributed by atoms with Gasteiger partial charge in [0.2, 0.25) is 0 Å². The number of hydrogen-bond acceptors (Lipinski definition) is 3. The lowest BCUT2D eigenvalue weighted by Crippen LogP contribution is -2.47. The zero-order valence-corrected chi connectivity index (χ0v) is 15.2. The first-order valence-corrected chi connectivity index (χ1v) is 9.41. The van der Waals surface area contributed by atoms with Gasteiger partial charge in [0.25, 0.3) is 5.91 Å². The van der Waals surface area contributed by atoms with Gasteiger partial charge >= 0.3 is 0 Å². The predicted octanol–water partition coefficient (Wildman–Crippen LogP) is 3.56. The Bertz CT molecular complexity index is 595. The molecule has 1 aromatic carbocycles. The van der Waals surface area contributed by atoms with Gasteiger partial charge in [-0.2, -0.15) is 0 Å². The second kappa shape index (κ2) is 7.32. The third-order valence-corrected chi connectivity index (χ3v) is 5.98. The maximum Gasteiger partial charge on any atom is 0.253 e. The van der Waals surface area contributed by atoms with E-state index in [2.05, 4.69) is 11.8 Å². The zero-order chi connectivity index (χ0) is 17.2. The number of likely N-dealkylation sites (tertiary alicyclic amines) is 1. The normalized spacial score (nSPS) is 24.5. The Labute approximate surface area is 149 Å². The fourth-order valence-electron chi connectivity index (χ4n) is 3.95. The molecule has 0 aliphatic carbocycles. The highest BCUT2D eigenvalue weighted by Crippen LogP contribution is 2.34. The van der Waals surface area contributed by atoms with E-state index in [0.717, 1.165) is 44.6 Å². The number of aliphatic hydroxyl groups is 1. The van der Waals surface area contributed by atoms with Crippen LogP contribution in [0.1, 0.15) is 49.4 Å². The van der Waals surface area contributed by atoms with Gasteiger partial charge in [0, 0.05) is 37.2 Å².